The fourth-order valence-electron chi connectivity index (χ4n) is 2.56. The van der Waals surface area contributed by atoms with E-state index in [0.29, 0.717) is 5.16 Å². The smallest absolute Gasteiger partial charge is 0.174 e. The van der Waals surface area contributed by atoms with Gasteiger partial charge in [0.05, 0.1) is 22.9 Å². The monoisotopic (exact) mass is 348 g/mol. The topological polar surface area (TPSA) is 82.5 Å². The Hall–Kier alpha value is -2.91. The van der Waals surface area contributed by atoms with E-state index < -0.39 is 5.92 Å². The third-order valence-corrected chi connectivity index (χ3v) is 4.73. The summed E-state index contributed by atoms with van der Waals surface area (Å²) in [5, 5.41) is 17.3. The highest BCUT2D eigenvalue weighted by Gasteiger charge is 2.21. The van der Waals surface area contributed by atoms with Crippen LogP contribution in [0.25, 0.3) is 16.7 Å². The Bertz CT molecular complexity index is 972. The van der Waals surface area contributed by atoms with Crippen molar-refractivity contribution in [3.63, 3.8) is 0 Å². The van der Waals surface area contributed by atoms with E-state index in [2.05, 4.69) is 4.98 Å². The number of rotatable bonds is 6. The molecule has 1 heterocycles. The van der Waals surface area contributed by atoms with E-state index in [0.717, 1.165) is 16.7 Å². The van der Waals surface area contributed by atoms with Crippen molar-refractivity contribution in [1.29, 1.82) is 10.7 Å². The normalized spacial score (nSPS) is 11.8. The molecule has 1 atom stereocenters. The molecule has 0 aliphatic rings. The van der Waals surface area contributed by atoms with Crippen molar-refractivity contribution in [2.75, 3.05) is 5.75 Å². The number of Topliss-reactive ketones (excluding diaryl/α,β-unsaturated/α-hetero) is 1. The summed E-state index contributed by atoms with van der Waals surface area (Å²) in [7, 11) is 0. The maximum absolute atomic E-state index is 12.2. The Kier molecular flexibility index (Phi) is 4.96. The van der Waals surface area contributed by atoms with Gasteiger partial charge < -0.3 is 5.41 Å². The van der Waals surface area contributed by atoms with Gasteiger partial charge in [-0.2, -0.15) is 5.26 Å². The first-order chi connectivity index (χ1) is 12.1. The van der Waals surface area contributed by atoms with Crippen LogP contribution < -0.4 is 0 Å². The molecule has 3 aromatic rings. The minimum atomic E-state index is -0.984. The molecule has 0 aliphatic heterocycles. The average molecular weight is 348 g/mol. The van der Waals surface area contributed by atoms with Crippen molar-refractivity contribution >= 4 is 34.3 Å². The lowest BCUT2D eigenvalue weighted by atomic mass is 10.0. The first-order valence-corrected chi connectivity index (χ1v) is 8.73. The van der Waals surface area contributed by atoms with Gasteiger partial charge in [-0.05, 0) is 31.2 Å². The lowest BCUT2D eigenvalue weighted by Gasteiger charge is -2.09. The number of imidazole rings is 1. The van der Waals surface area contributed by atoms with Crippen LogP contribution in [-0.4, -0.2) is 26.8 Å². The first kappa shape index (κ1) is 16.9. The van der Waals surface area contributed by atoms with Crippen molar-refractivity contribution in [2.45, 2.75) is 12.1 Å². The number of benzene rings is 2. The number of para-hydroxylation sites is 3. The molecule has 0 spiro atoms. The van der Waals surface area contributed by atoms with Crippen molar-refractivity contribution in [3.05, 3.63) is 54.6 Å². The minimum absolute atomic E-state index is 0.0738. The van der Waals surface area contributed by atoms with Crippen molar-refractivity contribution in [3.8, 4) is 11.8 Å². The van der Waals surface area contributed by atoms with E-state index in [1.165, 1.54) is 18.7 Å². The second-order valence-corrected chi connectivity index (χ2v) is 6.50. The largest absolute Gasteiger partial charge is 0.308 e. The van der Waals surface area contributed by atoms with Crippen molar-refractivity contribution < 1.29 is 4.79 Å². The Morgan fingerprint density at radius 2 is 1.92 bits per heavy atom. The number of nitrogens with one attached hydrogen (secondary N) is 1. The van der Waals surface area contributed by atoms with Crippen LogP contribution in [-0.2, 0) is 4.79 Å². The number of ketones is 1. The fraction of sp³-hybridized carbons (Fsp3) is 0.158. The van der Waals surface area contributed by atoms with Gasteiger partial charge in [0.2, 0.25) is 0 Å². The molecule has 0 radical (unpaired) electrons. The lowest BCUT2D eigenvalue weighted by molar-refractivity contribution is -0.117. The highest BCUT2D eigenvalue weighted by molar-refractivity contribution is 7.99. The number of thioether (sulfide) groups is 1. The molecule has 124 valence electrons. The van der Waals surface area contributed by atoms with E-state index in [1.807, 2.05) is 65.2 Å². The maximum atomic E-state index is 12.2. The van der Waals surface area contributed by atoms with Crippen molar-refractivity contribution in [1.82, 2.24) is 9.55 Å². The summed E-state index contributed by atoms with van der Waals surface area (Å²) < 4.78 is 2.01. The molecule has 2 aromatic carbocycles. The first-order valence-electron chi connectivity index (χ1n) is 7.75. The van der Waals surface area contributed by atoms with Crippen LogP contribution in [0.1, 0.15) is 6.92 Å². The molecular weight excluding hydrogens is 332 g/mol. The summed E-state index contributed by atoms with van der Waals surface area (Å²) >= 11 is 1.29. The molecule has 0 amide bonds. The van der Waals surface area contributed by atoms with Crippen LogP contribution in [0, 0.1) is 22.7 Å². The molecular formula is C19H16N4OS. The van der Waals surface area contributed by atoms with E-state index in [4.69, 9.17) is 10.7 Å². The summed E-state index contributed by atoms with van der Waals surface area (Å²) in [6.07, 6.45) is 0. The predicted molar refractivity (Wildman–Crippen MR) is 99.3 cm³/mol. The number of nitrogens with zero attached hydrogens (tertiary/aromatic N) is 3. The van der Waals surface area contributed by atoms with Gasteiger partial charge in [0, 0.05) is 11.4 Å². The van der Waals surface area contributed by atoms with Gasteiger partial charge in [0.25, 0.3) is 0 Å². The zero-order chi connectivity index (χ0) is 17.8. The molecule has 1 aromatic heterocycles. The Labute approximate surface area is 149 Å². The Balaban J connectivity index is 1.96. The van der Waals surface area contributed by atoms with Gasteiger partial charge in [-0.1, -0.05) is 42.1 Å². The van der Waals surface area contributed by atoms with Crippen LogP contribution in [0.3, 0.4) is 0 Å². The van der Waals surface area contributed by atoms with Gasteiger partial charge in [-0.15, -0.1) is 0 Å². The molecule has 1 unspecified atom stereocenters. The molecule has 0 saturated carbocycles. The Morgan fingerprint density at radius 3 is 2.60 bits per heavy atom. The molecule has 25 heavy (non-hydrogen) atoms. The van der Waals surface area contributed by atoms with Gasteiger partial charge in [0.15, 0.2) is 10.9 Å². The molecule has 0 fully saturated rings. The lowest BCUT2D eigenvalue weighted by Crippen LogP contribution is -2.21. The molecule has 1 N–H and O–H groups in total. The van der Waals surface area contributed by atoms with Gasteiger partial charge in [0.1, 0.15) is 5.92 Å². The van der Waals surface area contributed by atoms with E-state index >= 15 is 0 Å². The highest BCUT2D eigenvalue weighted by Crippen LogP contribution is 2.28. The zero-order valence-electron chi connectivity index (χ0n) is 13.6. The molecule has 0 bridgehead atoms. The molecule has 0 saturated heterocycles. The quantitative estimate of drug-likeness (QED) is 0.541. The van der Waals surface area contributed by atoms with Gasteiger partial charge >= 0.3 is 0 Å². The molecule has 0 aliphatic carbocycles. The molecule has 6 heteroatoms. The standard InChI is InChI=1S/C19H16N4OS/c1-13(21)15(11-20)18(24)12-25-19-22-16-9-5-6-10-17(16)23(19)14-7-3-2-4-8-14/h2-10,15,21H,12H2,1H3. The third-order valence-electron chi connectivity index (χ3n) is 3.77. The highest BCUT2D eigenvalue weighted by atomic mass is 32.2. The molecule has 5 nitrogen and oxygen atoms in total. The summed E-state index contributed by atoms with van der Waals surface area (Å²) in [6, 6.07) is 19.5. The predicted octanol–water partition coefficient (Wildman–Crippen LogP) is 3.87. The second kappa shape index (κ2) is 7.32. The van der Waals surface area contributed by atoms with Crippen molar-refractivity contribution in [2.24, 2.45) is 5.92 Å². The molecule has 3 rings (SSSR count). The van der Waals surface area contributed by atoms with E-state index in [9.17, 15) is 4.79 Å². The van der Waals surface area contributed by atoms with Crippen LogP contribution in [0.4, 0.5) is 0 Å². The van der Waals surface area contributed by atoms with Gasteiger partial charge in [-0.3, -0.25) is 9.36 Å². The number of carbonyl (C=O) groups excluding carboxylic acids is 1. The average Bonchev–Trinajstić information content (AvgIpc) is 2.99. The second-order valence-electron chi connectivity index (χ2n) is 5.55. The summed E-state index contributed by atoms with van der Waals surface area (Å²) in [5.74, 6) is -1.15. The number of hydrogen-bond acceptors (Lipinski definition) is 5. The summed E-state index contributed by atoms with van der Waals surface area (Å²) in [4.78, 5) is 16.9. The number of aromatic nitrogens is 2. The minimum Gasteiger partial charge on any atom is -0.308 e. The van der Waals surface area contributed by atoms with E-state index in [1.54, 1.807) is 0 Å². The van der Waals surface area contributed by atoms with Crippen LogP contribution in [0.15, 0.2) is 59.8 Å². The SMILES string of the molecule is CC(=N)C(C#N)C(=O)CSc1nc2ccccc2n1-c1ccccc1. The number of nitriles is 1. The van der Waals surface area contributed by atoms with Crippen LogP contribution in [0.2, 0.25) is 0 Å². The maximum Gasteiger partial charge on any atom is 0.174 e. The van der Waals surface area contributed by atoms with E-state index in [-0.39, 0.29) is 17.2 Å². The summed E-state index contributed by atoms with van der Waals surface area (Å²) in [5.41, 5.74) is 2.85. The summed E-state index contributed by atoms with van der Waals surface area (Å²) in [6.45, 7) is 1.48. The van der Waals surface area contributed by atoms with Crippen LogP contribution >= 0.6 is 11.8 Å². The third kappa shape index (κ3) is 3.47. The number of fused-ring (bicyclic) bond motifs is 1. The fourth-order valence-corrected chi connectivity index (χ4v) is 3.49. The number of hydrogen-bond donors (Lipinski definition) is 1. The zero-order valence-corrected chi connectivity index (χ0v) is 14.5. The number of carbonyl (C=O) groups is 1. The van der Waals surface area contributed by atoms with Gasteiger partial charge in [-0.25, -0.2) is 4.98 Å². The van der Waals surface area contributed by atoms with Crippen LogP contribution in [0.5, 0.6) is 0 Å². The Morgan fingerprint density at radius 1 is 1.24 bits per heavy atom.